The Morgan fingerprint density at radius 2 is 1.86 bits per heavy atom. The number of aliphatic carboxylic acids is 1. The highest BCUT2D eigenvalue weighted by atomic mass is 35.5. The minimum atomic E-state index is -1.22. The van der Waals surface area contributed by atoms with Crippen molar-refractivity contribution in [2.24, 2.45) is 0 Å². The molecule has 0 saturated heterocycles. The predicted octanol–water partition coefficient (Wildman–Crippen LogP) is 6.27. The first-order valence-electron chi connectivity index (χ1n) is 9.26. The van der Waals surface area contributed by atoms with Crippen LogP contribution in [0.3, 0.4) is 0 Å². The number of hydrogen-bond acceptors (Lipinski definition) is 3. The van der Waals surface area contributed by atoms with Crippen LogP contribution in [0.4, 0.5) is 4.39 Å². The van der Waals surface area contributed by atoms with Crippen LogP contribution in [0.1, 0.15) is 43.7 Å². The third-order valence-electron chi connectivity index (χ3n) is 4.53. The van der Waals surface area contributed by atoms with E-state index < -0.39 is 24.3 Å². The number of alkyl halides is 1. The van der Waals surface area contributed by atoms with Crippen molar-refractivity contribution in [3.05, 3.63) is 64.3 Å². The van der Waals surface area contributed by atoms with E-state index in [1.165, 1.54) is 0 Å². The van der Waals surface area contributed by atoms with Crippen LogP contribution in [-0.4, -0.2) is 21.7 Å². The summed E-state index contributed by atoms with van der Waals surface area (Å²) in [5, 5.41) is 11.2. The summed E-state index contributed by atoms with van der Waals surface area (Å²) < 4.78 is 18.9. The van der Waals surface area contributed by atoms with Gasteiger partial charge in [0, 0.05) is 21.7 Å². The first-order valence-corrected chi connectivity index (χ1v) is 9.64. The molecule has 1 N–H and O–H groups in total. The minimum absolute atomic E-state index is 0.468. The second-order valence-electron chi connectivity index (χ2n) is 7.93. The number of fused-ring (bicyclic) bond motifs is 1. The van der Waals surface area contributed by atoms with Gasteiger partial charge >= 0.3 is 5.97 Å². The Kier molecular flexibility index (Phi) is 5.92. The molecular formula is C23H23ClFNO3. The van der Waals surface area contributed by atoms with E-state index in [-0.39, 0.29) is 0 Å². The van der Waals surface area contributed by atoms with E-state index in [0.717, 1.165) is 10.9 Å². The van der Waals surface area contributed by atoms with Crippen LogP contribution in [0.2, 0.25) is 5.02 Å². The quantitative estimate of drug-likeness (QED) is 0.533. The van der Waals surface area contributed by atoms with Gasteiger partial charge in [-0.3, -0.25) is 4.98 Å². The van der Waals surface area contributed by atoms with Gasteiger partial charge in [-0.25, -0.2) is 9.18 Å². The molecule has 0 aliphatic rings. The van der Waals surface area contributed by atoms with Crippen LogP contribution in [0.5, 0.6) is 0 Å². The highest BCUT2D eigenvalue weighted by molar-refractivity contribution is 6.31. The fourth-order valence-electron chi connectivity index (χ4n) is 3.35. The number of aryl methyl sites for hydroxylation is 1. The molecule has 3 rings (SSSR count). The normalized spacial score (nSPS) is 12.9. The van der Waals surface area contributed by atoms with Gasteiger partial charge in [-0.1, -0.05) is 35.9 Å². The number of carboxylic acids is 1. The van der Waals surface area contributed by atoms with Crippen molar-refractivity contribution >= 4 is 28.5 Å². The van der Waals surface area contributed by atoms with Gasteiger partial charge in [-0.05, 0) is 62.6 Å². The van der Waals surface area contributed by atoms with Crippen LogP contribution in [0.15, 0.2) is 42.5 Å². The van der Waals surface area contributed by atoms with Gasteiger partial charge in [0.15, 0.2) is 6.10 Å². The molecule has 0 unspecified atom stereocenters. The van der Waals surface area contributed by atoms with Gasteiger partial charge in [0.2, 0.25) is 0 Å². The van der Waals surface area contributed by atoms with Crippen LogP contribution >= 0.6 is 11.6 Å². The Hall–Kier alpha value is -2.50. The number of carboxylic acid groups (broad SMARTS) is 1. The molecule has 3 aromatic rings. The third-order valence-corrected chi connectivity index (χ3v) is 4.77. The number of nitrogens with zero attached hydrogens (tertiary/aromatic N) is 1. The van der Waals surface area contributed by atoms with Crippen molar-refractivity contribution in [3.63, 3.8) is 0 Å². The Bertz CT molecular complexity index is 1060. The van der Waals surface area contributed by atoms with Gasteiger partial charge in [-0.2, -0.15) is 0 Å². The number of carbonyl (C=O) groups is 1. The second-order valence-corrected chi connectivity index (χ2v) is 8.36. The first-order chi connectivity index (χ1) is 13.6. The predicted molar refractivity (Wildman–Crippen MR) is 113 cm³/mol. The molecule has 6 heteroatoms. The standard InChI is InChI=1S/C23H23ClFNO3/c1-13-19(21(22(27)28)29-23(2,3)4)20(15-7-5-14(12-25)6-8-15)17-11-16(24)9-10-18(17)26-13/h5-11,21H,12H2,1-4H3,(H,27,28)/t21-/m0/s1. The zero-order valence-electron chi connectivity index (χ0n) is 16.8. The Morgan fingerprint density at radius 1 is 1.21 bits per heavy atom. The number of hydrogen-bond donors (Lipinski definition) is 1. The molecule has 4 nitrogen and oxygen atoms in total. The number of halogens is 2. The summed E-state index contributed by atoms with van der Waals surface area (Å²) in [6, 6.07) is 12.2. The fraction of sp³-hybridized carbons (Fsp3) is 0.304. The highest BCUT2D eigenvalue weighted by Gasteiger charge is 2.32. The monoisotopic (exact) mass is 415 g/mol. The smallest absolute Gasteiger partial charge is 0.337 e. The average Bonchev–Trinajstić information content (AvgIpc) is 2.65. The van der Waals surface area contributed by atoms with Crippen molar-refractivity contribution in [2.45, 2.75) is 46.1 Å². The molecule has 0 radical (unpaired) electrons. The topological polar surface area (TPSA) is 59.4 Å². The number of rotatable bonds is 5. The minimum Gasteiger partial charge on any atom is -0.479 e. The van der Waals surface area contributed by atoms with Crippen LogP contribution in [-0.2, 0) is 16.2 Å². The number of benzene rings is 2. The maximum absolute atomic E-state index is 13.0. The second kappa shape index (κ2) is 8.09. The van der Waals surface area contributed by atoms with E-state index in [9.17, 15) is 14.3 Å². The van der Waals surface area contributed by atoms with Gasteiger partial charge in [0.05, 0.1) is 11.1 Å². The van der Waals surface area contributed by atoms with Gasteiger partial charge in [0.25, 0.3) is 0 Å². The molecule has 0 fully saturated rings. The van der Waals surface area contributed by atoms with Crippen molar-refractivity contribution in [2.75, 3.05) is 0 Å². The lowest BCUT2D eigenvalue weighted by molar-refractivity contribution is -0.160. The number of ether oxygens (including phenoxy) is 1. The zero-order chi connectivity index (χ0) is 21.3. The summed E-state index contributed by atoms with van der Waals surface area (Å²) in [7, 11) is 0. The molecular weight excluding hydrogens is 393 g/mol. The van der Waals surface area contributed by atoms with Crippen molar-refractivity contribution in [1.82, 2.24) is 4.98 Å². The summed E-state index contributed by atoms with van der Waals surface area (Å²) in [6.07, 6.45) is -1.22. The molecule has 1 heterocycles. The largest absolute Gasteiger partial charge is 0.479 e. The molecule has 0 aliphatic carbocycles. The van der Waals surface area contributed by atoms with E-state index in [2.05, 4.69) is 4.98 Å². The SMILES string of the molecule is Cc1nc2ccc(Cl)cc2c(-c2ccc(CF)cc2)c1[C@H](OC(C)(C)C)C(=O)O. The van der Waals surface area contributed by atoms with Gasteiger partial charge in [-0.15, -0.1) is 0 Å². The Balaban J connectivity index is 2.38. The molecule has 152 valence electrons. The molecule has 0 bridgehead atoms. The van der Waals surface area contributed by atoms with E-state index >= 15 is 0 Å². The summed E-state index contributed by atoms with van der Waals surface area (Å²) >= 11 is 6.24. The molecule has 0 amide bonds. The van der Waals surface area contributed by atoms with Gasteiger partial charge < -0.3 is 9.84 Å². The number of aromatic nitrogens is 1. The Morgan fingerprint density at radius 3 is 2.41 bits per heavy atom. The Labute approximate surface area is 174 Å². The molecule has 0 aliphatic heterocycles. The lowest BCUT2D eigenvalue weighted by Gasteiger charge is -2.28. The molecule has 0 saturated carbocycles. The molecule has 29 heavy (non-hydrogen) atoms. The molecule has 0 spiro atoms. The first kappa shape index (κ1) is 21.2. The lowest BCUT2D eigenvalue weighted by Crippen LogP contribution is -2.28. The highest BCUT2D eigenvalue weighted by Crippen LogP contribution is 2.40. The summed E-state index contributed by atoms with van der Waals surface area (Å²) in [6.45, 7) is 6.61. The summed E-state index contributed by atoms with van der Waals surface area (Å²) in [5.41, 5.74) is 3.00. The third kappa shape index (κ3) is 4.57. The maximum atomic E-state index is 13.0. The fourth-order valence-corrected chi connectivity index (χ4v) is 3.52. The van der Waals surface area contributed by atoms with Crippen LogP contribution in [0, 0.1) is 6.92 Å². The van der Waals surface area contributed by atoms with Crippen LogP contribution in [0.25, 0.3) is 22.0 Å². The van der Waals surface area contributed by atoms with Crippen LogP contribution < -0.4 is 0 Å². The van der Waals surface area contributed by atoms with E-state index in [0.29, 0.717) is 32.9 Å². The molecule has 1 aromatic heterocycles. The van der Waals surface area contributed by atoms with Crippen molar-refractivity contribution in [1.29, 1.82) is 0 Å². The summed E-state index contributed by atoms with van der Waals surface area (Å²) in [4.78, 5) is 16.8. The van der Waals surface area contributed by atoms with Gasteiger partial charge in [0.1, 0.15) is 6.67 Å². The van der Waals surface area contributed by atoms with E-state index in [4.69, 9.17) is 16.3 Å². The lowest BCUT2D eigenvalue weighted by atomic mass is 9.90. The zero-order valence-corrected chi connectivity index (χ0v) is 17.5. The molecule has 1 atom stereocenters. The maximum Gasteiger partial charge on any atom is 0.337 e. The van der Waals surface area contributed by atoms with E-state index in [1.807, 2.05) is 0 Å². The number of pyridine rings is 1. The summed E-state index contributed by atoms with van der Waals surface area (Å²) in [5.74, 6) is -1.10. The van der Waals surface area contributed by atoms with Crippen molar-refractivity contribution in [3.8, 4) is 11.1 Å². The van der Waals surface area contributed by atoms with E-state index in [1.54, 1.807) is 70.2 Å². The van der Waals surface area contributed by atoms with Crippen molar-refractivity contribution < 1.29 is 19.0 Å². The molecule has 2 aromatic carbocycles. The average molecular weight is 416 g/mol.